The van der Waals surface area contributed by atoms with Crippen LogP contribution in [-0.4, -0.2) is 37.1 Å². The lowest BCUT2D eigenvalue weighted by atomic mass is 10.1. The summed E-state index contributed by atoms with van der Waals surface area (Å²) in [7, 11) is 2.16. The third-order valence-corrected chi connectivity index (χ3v) is 5.30. The molecule has 162 valence electrons. The second-order valence-corrected chi connectivity index (χ2v) is 8.30. The predicted octanol–water partition coefficient (Wildman–Crippen LogP) is 7.13. The molecule has 0 aliphatic rings. The van der Waals surface area contributed by atoms with Gasteiger partial charge in [-0.05, 0) is 32.9 Å². The first kappa shape index (κ1) is 26.4. The van der Waals surface area contributed by atoms with Crippen molar-refractivity contribution in [2.75, 3.05) is 20.1 Å². The van der Waals surface area contributed by atoms with Crippen molar-refractivity contribution < 1.29 is 9.53 Å². The summed E-state index contributed by atoms with van der Waals surface area (Å²) in [5.74, 6) is 0.00998. The van der Waals surface area contributed by atoms with Gasteiger partial charge in [-0.15, -0.1) is 0 Å². The highest BCUT2D eigenvalue weighted by Gasteiger charge is 2.15. The first-order chi connectivity index (χ1) is 13.1. The second-order valence-electron chi connectivity index (χ2n) is 8.30. The molecule has 0 heterocycles. The molecule has 0 saturated carbocycles. The van der Waals surface area contributed by atoms with E-state index in [1.54, 1.807) is 0 Å². The van der Waals surface area contributed by atoms with E-state index in [-0.39, 0.29) is 12.1 Å². The van der Waals surface area contributed by atoms with E-state index in [1.165, 1.54) is 77.0 Å². The van der Waals surface area contributed by atoms with Gasteiger partial charge < -0.3 is 9.64 Å². The van der Waals surface area contributed by atoms with Gasteiger partial charge in [0.2, 0.25) is 0 Å². The summed E-state index contributed by atoms with van der Waals surface area (Å²) in [6, 6.07) is 0. The Bertz CT molecular complexity index is 320. The molecule has 0 rings (SSSR count). The van der Waals surface area contributed by atoms with Crippen molar-refractivity contribution in [1.29, 1.82) is 0 Å². The van der Waals surface area contributed by atoms with Gasteiger partial charge in [-0.2, -0.15) is 0 Å². The Hall–Kier alpha value is -0.570. The van der Waals surface area contributed by atoms with Crippen LogP contribution < -0.4 is 0 Å². The summed E-state index contributed by atoms with van der Waals surface area (Å²) >= 11 is 0. The largest absolute Gasteiger partial charge is 0.461 e. The molecule has 0 aliphatic heterocycles. The fourth-order valence-corrected chi connectivity index (χ4v) is 3.58. The zero-order valence-electron chi connectivity index (χ0n) is 19.1. The average molecular weight is 384 g/mol. The Morgan fingerprint density at radius 2 is 1.26 bits per heavy atom. The molecule has 1 atom stereocenters. The SMILES string of the molecule is CCCCCCCCCCCC(=O)OC(CCC)CN(C)CCCCCC. The third kappa shape index (κ3) is 18.6. The number of nitrogens with zero attached hydrogens (tertiary/aromatic N) is 1. The fourth-order valence-electron chi connectivity index (χ4n) is 3.58. The predicted molar refractivity (Wildman–Crippen MR) is 118 cm³/mol. The van der Waals surface area contributed by atoms with E-state index < -0.39 is 0 Å². The molecule has 0 saturated heterocycles. The normalized spacial score (nSPS) is 12.5. The molecule has 0 bridgehead atoms. The van der Waals surface area contributed by atoms with Crippen molar-refractivity contribution in [3.8, 4) is 0 Å². The van der Waals surface area contributed by atoms with E-state index in [0.29, 0.717) is 6.42 Å². The summed E-state index contributed by atoms with van der Waals surface area (Å²) in [5, 5.41) is 0. The minimum atomic E-state index is 0.00998. The van der Waals surface area contributed by atoms with Crippen LogP contribution in [0.25, 0.3) is 0 Å². The van der Waals surface area contributed by atoms with Crippen molar-refractivity contribution in [3.63, 3.8) is 0 Å². The second kappa shape index (κ2) is 20.2. The summed E-state index contributed by atoms with van der Waals surface area (Å²) in [4.78, 5) is 14.5. The van der Waals surface area contributed by atoms with E-state index in [4.69, 9.17) is 4.74 Å². The van der Waals surface area contributed by atoms with Crippen LogP contribution in [0.1, 0.15) is 124 Å². The molecule has 0 aromatic carbocycles. The number of unbranched alkanes of at least 4 members (excludes halogenated alkanes) is 11. The topological polar surface area (TPSA) is 29.5 Å². The molecule has 3 nitrogen and oxygen atoms in total. The molecule has 0 radical (unpaired) electrons. The summed E-state index contributed by atoms with van der Waals surface area (Å²) < 4.78 is 5.78. The highest BCUT2D eigenvalue weighted by Crippen LogP contribution is 2.12. The number of hydrogen-bond acceptors (Lipinski definition) is 3. The molecule has 0 aromatic heterocycles. The van der Waals surface area contributed by atoms with Crippen LogP contribution in [-0.2, 0) is 9.53 Å². The van der Waals surface area contributed by atoms with E-state index >= 15 is 0 Å². The lowest BCUT2D eigenvalue weighted by Gasteiger charge is -2.24. The molecule has 0 aliphatic carbocycles. The van der Waals surface area contributed by atoms with Crippen LogP contribution in [0.2, 0.25) is 0 Å². The van der Waals surface area contributed by atoms with Gasteiger partial charge in [-0.25, -0.2) is 0 Å². The maximum absolute atomic E-state index is 12.2. The first-order valence-corrected chi connectivity index (χ1v) is 12.0. The summed E-state index contributed by atoms with van der Waals surface area (Å²) in [6.45, 7) is 8.66. The van der Waals surface area contributed by atoms with Gasteiger partial charge in [-0.1, -0.05) is 97.8 Å². The van der Waals surface area contributed by atoms with Gasteiger partial charge in [0.1, 0.15) is 6.10 Å². The van der Waals surface area contributed by atoms with E-state index in [9.17, 15) is 4.79 Å². The Balaban J connectivity index is 3.78. The van der Waals surface area contributed by atoms with Crippen molar-refractivity contribution in [2.24, 2.45) is 0 Å². The molecule has 27 heavy (non-hydrogen) atoms. The number of carbonyl (C=O) groups excluding carboxylic acids is 1. The van der Waals surface area contributed by atoms with Gasteiger partial charge in [0.05, 0.1) is 0 Å². The molecule has 0 fully saturated rings. The minimum Gasteiger partial charge on any atom is -0.461 e. The van der Waals surface area contributed by atoms with Crippen molar-refractivity contribution in [1.82, 2.24) is 4.90 Å². The maximum Gasteiger partial charge on any atom is 0.306 e. The maximum atomic E-state index is 12.2. The molecular formula is C24H49NO2. The smallest absolute Gasteiger partial charge is 0.306 e. The lowest BCUT2D eigenvalue weighted by molar-refractivity contribution is -0.150. The molecule has 0 N–H and O–H groups in total. The number of likely N-dealkylation sites (N-methyl/N-ethyl adjacent to an activating group) is 1. The van der Waals surface area contributed by atoms with Gasteiger partial charge in [-0.3, -0.25) is 4.79 Å². The molecule has 0 aromatic rings. The van der Waals surface area contributed by atoms with Crippen LogP contribution in [0.3, 0.4) is 0 Å². The minimum absolute atomic E-state index is 0.00998. The standard InChI is InChI=1S/C24H49NO2/c1-5-8-10-12-13-14-15-16-17-20-24(26)27-23(19-7-3)22-25(4)21-18-11-9-6-2/h23H,5-22H2,1-4H3. The van der Waals surface area contributed by atoms with Crippen LogP contribution in [0, 0.1) is 0 Å². The highest BCUT2D eigenvalue weighted by atomic mass is 16.5. The first-order valence-electron chi connectivity index (χ1n) is 12.0. The average Bonchev–Trinajstić information content (AvgIpc) is 2.64. The Morgan fingerprint density at radius 1 is 0.741 bits per heavy atom. The van der Waals surface area contributed by atoms with Crippen molar-refractivity contribution in [3.05, 3.63) is 0 Å². The van der Waals surface area contributed by atoms with Crippen LogP contribution in [0.4, 0.5) is 0 Å². The zero-order chi connectivity index (χ0) is 20.2. The van der Waals surface area contributed by atoms with Crippen LogP contribution in [0.5, 0.6) is 0 Å². The fraction of sp³-hybridized carbons (Fsp3) is 0.958. The third-order valence-electron chi connectivity index (χ3n) is 5.30. The number of ether oxygens (including phenoxy) is 1. The van der Waals surface area contributed by atoms with E-state index in [1.807, 2.05) is 0 Å². The number of esters is 1. The quantitative estimate of drug-likeness (QED) is 0.165. The lowest BCUT2D eigenvalue weighted by Crippen LogP contribution is -2.33. The zero-order valence-corrected chi connectivity index (χ0v) is 19.1. The van der Waals surface area contributed by atoms with Crippen molar-refractivity contribution in [2.45, 2.75) is 130 Å². The number of carbonyl (C=O) groups is 1. The molecule has 3 heteroatoms. The molecule has 0 spiro atoms. The molecule has 1 unspecified atom stereocenters. The van der Waals surface area contributed by atoms with Gasteiger partial charge in [0, 0.05) is 13.0 Å². The summed E-state index contributed by atoms with van der Waals surface area (Å²) in [5.41, 5.74) is 0. The van der Waals surface area contributed by atoms with Crippen LogP contribution >= 0.6 is 0 Å². The monoisotopic (exact) mass is 383 g/mol. The molecular weight excluding hydrogens is 334 g/mol. The summed E-state index contributed by atoms with van der Waals surface area (Å²) in [6.07, 6.45) is 19.4. The van der Waals surface area contributed by atoms with Gasteiger partial charge >= 0.3 is 5.97 Å². The Labute approximate surface area is 170 Å². The highest BCUT2D eigenvalue weighted by molar-refractivity contribution is 5.69. The Morgan fingerprint density at radius 3 is 1.81 bits per heavy atom. The Kier molecular flexibility index (Phi) is 19.7. The van der Waals surface area contributed by atoms with E-state index in [2.05, 4.69) is 32.7 Å². The van der Waals surface area contributed by atoms with E-state index in [0.717, 1.165) is 32.4 Å². The number of hydrogen-bond donors (Lipinski definition) is 0. The number of rotatable bonds is 20. The van der Waals surface area contributed by atoms with Crippen molar-refractivity contribution >= 4 is 5.97 Å². The molecule has 0 amide bonds. The van der Waals surface area contributed by atoms with Gasteiger partial charge in [0.15, 0.2) is 0 Å². The van der Waals surface area contributed by atoms with Crippen LogP contribution in [0.15, 0.2) is 0 Å². The van der Waals surface area contributed by atoms with Gasteiger partial charge in [0.25, 0.3) is 0 Å².